The standard InChI is InChI=1S/C19H20N8O4S2/c1-9-2-3-12(16-15(9)25-19(20)26-16)11-4-5-13(32(28,29)10-6-22-7-10)17(33(21,30)31)14(11)18-23-8-24-27-18/h2-5,10,22H,6-8H2,1H3,(H3,20,25,26)(H2,21,30,31). The molecule has 0 bridgehead atoms. The lowest BCUT2D eigenvalue weighted by molar-refractivity contribution is 0.493. The zero-order valence-corrected chi connectivity index (χ0v) is 19.0. The molecule has 0 amide bonds. The van der Waals surface area contributed by atoms with E-state index in [2.05, 4.69) is 30.5 Å². The number of H-pyrrole nitrogens is 1. The number of fused-ring (bicyclic) bond motifs is 1. The number of imidazole rings is 1. The van der Waals surface area contributed by atoms with Crippen LogP contribution in [0.3, 0.4) is 0 Å². The third kappa shape index (κ3) is 3.42. The van der Waals surface area contributed by atoms with Crippen molar-refractivity contribution >= 4 is 42.7 Å². The number of azo groups is 1. The van der Waals surface area contributed by atoms with E-state index in [0.29, 0.717) is 22.2 Å². The second kappa shape index (κ2) is 7.41. The Hall–Kier alpha value is -3.20. The molecule has 0 radical (unpaired) electrons. The Morgan fingerprint density at radius 1 is 1.06 bits per heavy atom. The van der Waals surface area contributed by atoms with Gasteiger partial charge in [-0.2, -0.15) is 5.11 Å². The average Bonchev–Trinajstić information content (AvgIpc) is 3.34. The molecule has 2 aromatic carbocycles. The van der Waals surface area contributed by atoms with Gasteiger partial charge in [-0.15, -0.1) is 5.11 Å². The SMILES string of the molecule is Cc1ccc(-c2ccc(S(=O)(=O)C3CNC3)c(S(N)(=O)=O)c2C2=NCN=N2)c2[nH]c(N)nc12. The molecule has 33 heavy (non-hydrogen) atoms. The lowest BCUT2D eigenvalue weighted by atomic mass is 9.96. The summed E-state index contributed by atoms with van der Waals surface area (Å²) in [6.45, 7) is 2.29. The predicted molar refractivity (Wildman–Crippen MR) is 122 cm³/mol. The van der Waals surface area contributed by atoms with Crippen molar-refractivity contribution < 1.29 is 16.8 Å². The van der Waals surface area contributed by atoms with E-state index in [1.807, 2.05) is 6.92 Å². The van der Waals surface area contributed by atoms with Crippen LogP contribution in [0.1, 0.15) is 11.1 Å². The molecule has 172 valence electrons. The van der Waals surface area contributed by atoms with Crippen molar-refractivity contribution in [3.05, 3.63) is 35.4 Å². The number of sulfonamides is 1. The molecule has 1 saturated heterocycles. The highest BCUT2D eigenvalue weighted by Crippen LogP contribution is 2.39. The Kier molecular flexibility index (Phi) is 4.86. The maximum atomic E-state index is 13.3. The second-order valence-corrected chi connectivity index (χ2v) is 11.5. The van der Waals surface area contributed by atoms with Gasteiger partial charge in [-0.1, -0.05) is 18.2 Å². The molecule has 3 aromatic rings. The van der Waals surface area contributed by atoms with Crippen LogP contribution >= 0.6 is 0 Å². The summed E-state index contributed by atoms with van der Waals surface area (Å²) in [7, 11) is -8.52. The van der Waals surface area contributed by atoms with E-state index in [4.69, 9.17) is 10.9 Å². The van der Waals surface area contributed by atoms with Crippen LogP contribution in [0.4, 0.5) is 5.95 Å². The number of nitrogen functional groups attached to an aromatic ring is 1. The topological polar surface area (TPSA) is 198 Å². The van der Waals surface area contributed by atoms with E-state index < -0.39 is 30.0 Å². The molecule has 3 heterocycles. The van der Waals surface area contributed by atoms with Gasteiger partial charge in [-0.25, -0.2) is 32.0 Å². The highest BCUT2D eigenvalue weighted by molar-refractivity contribution is 7.94. The fraction of sp³-hybridized carbons (Fsp3) is 0.263. The number of aromatic nitrogens is 2. The summed E-state index contributed by atoms with van der Waals surface area (Å²) in [5, 5.41) is 15.5. The van der Waals surface area contributed by atoms with E-state index in [1.54, 1.807) is 12.1 Å². The van der Waals surface area contributed by atoms with E-state index in [9.17, 15) is 16.8 Å². The number of anilines is 1. The average molecular weight is 489 g/mol. The summed E-state index contributed by atoms with van der Waals surface area (Å²) in [6, 6.07) is 6.36. The molecular formula is C19H20N8O4S2. The first-order chi connectivity index (χ1) is 15.6. The summed E-state index contributed by atoms with van der Waals surface area (Å²) in [5.41, 5.74) is 8.76. The third-order valence-electron chi connectivity index (χ3n) is 5.72. The summed E-state index contributed by atoms with van der Waals surface area (Å²) in [6.07, 6.45) is 0. The van der Waals surface area contributed by atoms with Crippen molar-refractivity contribution in [3.8, 4) is 11.1 Å². The third-order valence-corrected chi connectivity index (χ3v) is 9.01. The summed E-state index contributed by atoms with van der Waals surface area (Å²) in [4.78, 5) is 10.5. The van der Waals surface area contributed by atoms with Crippen molar-refractivity contribution in [2.75, 3.05) is 25.5 Å². The van der Waals surface area contributed by atoms with Crippen molar-refractivity contribution in [2.45, 2.75) is 22.0 Å². The van der Waals surface area contributed by atoms with Gasteiger partial charge < -0.3 is 16.0 Å². The molecule has 12 nitrogen and oxygen atoms in total. The van der Waals surface area contributed by atoms with Crippen molar-refractivity contribution in [2.24, 2.45) is 20.4 Å². The number of primary sulfonamides is 1. The minimum Gasteiger partial charge on any atom is -0.369 e. The van der Waals surface area contributed by atoms with Crippen LogP contribution in [-0.2, 0) is 19.9 Å². The maximum Gasteiger partial charge on any atom is 0.240 e. The van der Waals surface area contributed by atoms with Gasteiger partial charge in [0.05, 0.1) is 26.7 Å². The molecule has 1 aromatic heterocycles. The van der Waals surface area contributed by atoms with E-state index in [-0.39, 0.29) is 42.0 Å². The van der Waals surface area contributed by atoms with Crippen LogP contribution in [0.2, 0.25) is 0 Å². The number of aromatic amines is 1. The van der Waals surface area contributed by atoms with E-state index in [0.717, 1.165) is 5.56 Å². The van der Waals surface area contributed by atoms with Crippen molar-refractivity contribution in [1.29, 1.82) is 0 Å². The molecule has 0 spiro atoms. The zero-order chi connectivity index (χ0) is 23.5. The number of amidine groups is 1. The second-order valence-electron chi connectivity index (χ2n) is 7.83. The molecule has 2 aliphatic rings. The van der Waals surface area contributed by atoms with Crippen LogP contribution in [0, 0.1) is 6.92 Å². The number of sulfone groups is 1. The summed E-state index contributed by atoms with van der Waals surface area (Å²) < 4.78 is 52.2. The molecule has 0 saturated carbocycles. The Labute approximate surface area is 189 Å². The predicted octanol–water partition coefficient (Wildman–Crippen LogP) is 0.683. The summed E-state index contributed by atoms with van der Waals surface area (Å²) >= 11 is 0. The normalized spacial score (nSPS) is 16.8. The molecule has 0 atom stereocenters. The Morgan fingerprint density at radius 3 is 2.39 bits per heavy atom. The van der Waals surface area contributed by atoms with Gasteiger partial charge in [-0.3, -0.25) is 0 Å². The lowest BCUT2D eigenvalue weighted by Gasteiger charge is -2.28. The molecule has 6 N–H and O–H groups in total. The number of hydrogen-bond acceptors (Lipinski definition) is 10. The summed E-state index contributed by atoms with van der Waals surface area (Å²) in [5.74, 6) is 0.169. The molecule has 5 rings (SSSR count). The van der Waals surface area contributed by atoms with Gasteiger partial charge in [0.1, 0.15) is 4.90 Å². The molecule has 2 aliphatic heterocycles. The molecule has 0 aliphatic carbocycles. The minimum absolute atomic E-state index is 0.0112. The Balaban J connectivity index is 1.90. The highest BCUT2D eigenvalue weighted by Gasteiger charge is 2.39. The first-order valence-electron chi connectivity index (χ1n) is 9.91. The lowest BCUT2D eigenvalue weighted by Crippen LogP contribution is -2.51. The van der Waals surface area contributed by atoms with Gasteiger partial charge in [0.15, 0.2) is 28.3 Å². The van der Waals surface area contributed by atoms with E-state index >= 15 is 0 Å². The van der Waals surface area contributed by atoms with Crippen LogP contribution in [0.5, 0.6) is 0 Å². The quantitative estimate of drug-likeness (QED) is 0.404. The number of rotatable bonds is 5. The largest absolute Gasteiger partial charge is 0.369 e. The monoisotopic (exact) mass is 488 g/mol. The fourth-order valence-corrected chi connectivity index (χ4v) is 7.19. The number of nitrogens with zero attached hydrogens (tertiary/aromatic N) is 4. The molecule has 0 unspecified atom stereocenters. The Bertz CT molecular complexity index is 1590. The number of aryl methyl sites for hydroxylation is 1. The van der Waals surface area contributed by atoms with Crippen LogP contribution < -0.4 is 16.2 Å². The molecule has 1 fully saturated rings. The maximum absolute atomic E-state index is 13.3. The van der Waals surface area contributed by atoms with Gasteiger partial charge in [-0.05, 0) is 24.1 Å². The van der Waals surface area contributed by atoms with Crippen molar-refractivity contribution in [3.63, 3.8) is 0 Å². The first-order valence-corrected chi connectivity index (χ1v) is 13.0. The fourth-order valence-electron chi connectivity index (χ4n) is 4.00. The smallest absolute Gasteiger partial charge is 0.240 e. The first kappa shape index (κ1) is 21.6. The molecule has 14 heteroatoms. The number of hydrogen-bond donors (Lipinski definition) is 4. The van der Waals surface area contributed by atoms with Gasteiger partial charge >= 0.3 is 0 Å². The molecular weight excluding hydrogens is 468 g/mol. The van der Waals surface area contributed by atoms with Crippen LogP contribution in [0.15, 0.2) is 49.3 Å². The van der Waals surface area contributed by atoms with E-state index in [1.165, 1.54) is 12.1 Å². The number of benzene rings is 2. The number of aliphatic imine (C=N–C) groups is 1. The van der Waals surface area contributed by atoms with Gasteiger partial charge in [0, 0.05) is 18.7 Å². The van der Waals surface area contributed by atoms with Crippen molar-refractivity contribution in [1.82, 2.24) is 15.3 Å². The van der Waals surface area contributed by atoms with Crippen LogP contribution in [0.25, 0.3) is 22.2 Å². The number of nitrogens with one attached hydrogen (secondary N) is 2. The number of nitrogens with two attached hydrogens (primary N) is 2. The minimum atomic E-state index is -4.52. The highest BCUT2D eigenvalue weighted by atomic mass is 32.2. The zero-order valence-electron chi connectivity index (χ0n) is 17.4. The van der Waals surface area contributed by atoms with Gasteiger partial charge in [0.25, 0.3) is 0 Å². The van der Waals surface area contributed by atoms with Gasteiger partial charge in [0.2, 0.25) is 10.0 Å². The Morgan fingerprint density at radius 2 is 1.79 bits per heavy atom. The van der Waals surface area contributed by atoms with Crippen LogP contribution in [-0.4, -0.2) is 57.6 Å².